The maximum atomic E-state index is 12.3. The monoisotopic (exact) mass is 297 g/mol. The van der Waals surface area contributed by atoms with Gasteiger partial charge in [0.15, 0.2) is 0 Å². The van der Waals surface area contributed by atoms with Crippen molar-refractivity contribution < 1.29 is 8.42 Å². The van der Waals surface area contributed by atoms with E-state index in [0.717, 1.165) is 16.0 Å². The molecule has 2 aromatic rings. The lowest BCUT2D eigenvalue weighted by atomic mass is 10.3. The van der Waals surface area contributed by atoms with Crippen molar-refractivity contribution >= 4 is 27.0 Å². The molecule has 0 saturated carbocycles. The fourth-order valence-electron chi connectivity index (χ4n) is 1.59. The summed E-state index contributed by atoms with van der Waals surface area (Å²) in [6.45, 7) is 4.02. The molecule has 3 N–H and O–H groups in total. The molecule has 2 heterocycles. The van der Waals surface area contributed by atoms with Gasteiger partial charge in [-0.05, 0) is 37.1 Å². The summed E-state index contributed by atoms with van der Waals surface area (Å²) >= 11 is 1.20. The minimum Gasteiger partial charge on any atom is -0.326 e. The summed E-state index contributed by atoms with van der Waals surface area (Å²) < 4.78 is 27.4. The Balaban J connectivity index is 2.35. The first kappa shape index (κ1) is 14.0. The fraction of sp³-hybridized carbons (Fsp3) is 0.250. The van der Waals surface area contributed by atoms with Crippen LogP contribution in [0.25, 0.3) is 0 Å². The van der Waals surface area contributed by atoms with Crippen LogP contribution in [0.15, 0.2) is 28.7 Å². The Kier molecular flexibility index (Phi) is 3.88. The Bertz CT molecular complexity index is 693. The smallest absolute Gasteiger partial charge is 0.271 e. The number of thiophene rings is 1. The van der Waals surface area contributed by atoms with Crippen molar-refractivity contribution in [2.75, 3.05) is 4.72 Å². The molecule has 0 aliphatic rings. The molecule has 2 aromatic heterocycles. The number of nitrogens with two attached hydrogens (primary N) is 1. The molecule has 0 aliphatic heterocycles. The number of nitrogens with zero attached hydrogens (tertiary/aromatic N) is 1. The average Bonchev–Trinajstić information content (AvgIpc) is 2.74. The van der Waals surface area contributed by atoms with Gasteiger partial charge < -0.3 is 5.73 Å². The highest BCUT2D eigenvalue weighted by molar-refractivity contribution is 7.94. The quantitative estimate of drug-likeness (QED) is 0.904. The van der Waals surface area contributed by atoms with Gasteiger partial charge in [-0.25, -0.2) is 8.42 Å². The van der Waals surface area contributed by atoms with E-state index in [4.69, 9.17) is 5.73 Å². The third kappa shape index (κ3) is 2.94. The van der Waals surface area contributed by atoms with Gasteiger partial charge in [0, 0.05) is 17.6 Å². The lowest BCUT2D eigenvalue weighted by molar-refractivity contribution is 0.603. The predicted molar refractivity (Wildman–Crippen MR) is 76.7 cm³/mol. The molecule has 0 amide bonds. The molecule has 0 unspecified atom stereocenters. The van der Waals surface area contributed by atoms with Crippen molar-refractivity contribution in [2.24, 2.45) is 5.73 Å². The normalized spacial score (nSPS) is 11.5. The van der Waals surface area contributed by atoms with E-state index in [-0.39, 0.29) is 4.21 Å². The summed E-state index contributed by atoms with van der Waals surface area (Å²) in [7, 11) is -3.57. The molecule has 19 heavy (non-hydrogen) atoms. The number of nitrogens with one attached hydrogen (secondary N) is 1. The first-order valence-electron chi connectivity index (χ1n) is 5.67. The van der Waals surface area contributed by atoms with Gasteiger partial charge >= 0.3 is 0 Å². The third-order valence-corrected chi connectivity index (χ3v) is 5.83. The first-order chi connectivity index (χ1) is 8.94. The standard InChI is InChI=1S/C12H15N3O2S2/c1-8-3-4-14-7-10(8)15-19(16,17)12-5-9(2)11(6-13)18-12/h3-5,7,15H,6,13H2,1-2H3. The van der Waals surface area contributed by atoms with Crippen molar-refractivity contribution in [2.45, 2.75) is 24.6 Å². The van der Waals surface area contributed by atoms with Crippen LogP contribution in [0.2, 0.25) is 0 Å². The van der Waals surface area contributed by atoms with Crippen LogP contribution >= 0.6 is 11.3 Å². The van der Waals surface area contributed by atoms with Gasteiger partial charge in [0.25, 0.3) is 10.0 Å². The Hall–Kier alpha value is -1.44. The Morgan fingerprint density at radius 3 is 2.68 bits per heavy atom. The molecule has 0 radical (unpaired) electrons. The highest BCUT2D eigenvalue weighted by atomic mass is 32.2. The highest BCUT2D eigenvalue weighted by Crippen LogP contribution is 2.27. The minimum atomic E-state index is -3.57. The second-order valence-corrected chi connectivity index (χ2v) is 7.22. The van der Waals surface area contributed by atoms with Gasteiger partial charge in [-0.15, -0.1) is 11.3 Å². The van der Waals surface area contributed by atoms with Crippen LogP contribution in [-0.4, -0.2) is 13.4 Å². The molecule has 5 nitrogen and oxygen atoms in total. The zero-order valence-electron chi connectivity index (χ0n) is 10.7. The number of anilines is 1. The topological polar surface area (TPSA) is 85.1 Å². The second-order valence-electron chi connectivity index (χ2n) is 4.17. The molecule has 2 rings (SSSR count). The van der Waals surface area contributed by atoms with Crippen LogP contribution in [0.1, 0.15) is 16.0 Å². The molecule has 102 valence electrons. The Labute approximate surface area is 116 Å². The summed E-state index contributed by atoms with van der Waals surface area (Å²) in [5, 5.41) is 0. The molecular weight excluding hydrogens is 282 g/mol. The number of rotatable bonds is 4. The molecular formula is C12H15N3O2S2. The van der Waals surface area contributed by atoms with Gasteiger partial charge in [0.05, 0.1) is 11.9 Å². The number of aromatic nitrogens is 1. The SMILES string of the molecule is Cc1ccncc1NS(=O)(=O)c1cc(C)c(CN)s1. The number of sulfonamides is 1. The average molecular weight is 297 g/mol. The van der Waals surface area contributed by atoms with Crippen molar-refractivity contribution in [3.05, 3.63) is 40.5 Å². The molecule has 0 spiro atoms. The number of pyridine rings is 1. The maximum absolute atomic E-state index is 12.3. The molecule has 0 atom stereocenters. The van der Waals surface area contributed by atoms with E-state index in [1.54, 1.807) is 18.3 Å². The lowest BCUT2D eigenvalue weighted by Crippen LogP contribution is -2.12. The van der Waals surface area contributed by atoms with Crippen LogP contribution in [0, 0.1) is 13.8 Å². The summed E-state index contributed by atoms with van der Waals surface area (Å²) in [5.74, 6) is 0. The lowest BCUT2D eigenvalue weighted by Gasteiger charge is -2.07. The summed E-state index contributed by atoms with van der Waals surface area (Å²) in [5.41, 5.74) is 7.78. The van der Waals surface area contributed by atoms with Gasteiger partial charge in [0.2, 0.25) is 0 Å². The van der Waals surface area contributed by atoms with Crippen LogP contribution in [0.3, 0.4) is 0 Å². The number of hydrogen-bond donors (Lipinski definition) is 2. The highest BCUT2D eigenvalue weighted by Gasteiger charge is 2.19. The van der Waals surface area contributed by atoms with E-state index in [0.29, 0.717) is 12.2 Å². The van der Waals surface area contributed by atoms with E-state index in [9.17, 15) is 8.42 Å². The minimum absolute atomic E-state index is 0.272. The van der Waals surface area contributed by atoms with E-state index < -0.39 is 10.0 Å². The van der Waals surface area contributed by atoms with Crippen LogP contribution in [-0.2, 0) is 16.6 Å². The van der Waals surface area contributed by atoms with Crippen molar-refractivity contribution in [1.82, 2.24) is 4.98 Å². The van der Waals surface area contributed by atoms with E-state index in [1.807, 2.05) is 13.8 Å². The number of hydrogen-bond acceptors (Lipinski definition) is 5. The third-order valence-electron chi connectivity index (χ3n) is 2.73. The molecule has 0 fully saturated rings. The molecule has 0 bridgehead atoms. The summed E-state index contributed by atoms with van der Waals surface area (Å²) in [6, 6.07) is 3.39. The molecule has 0 aromatic carbocycles. The zero-order chi connectivity index (χ0) is 14.0. The predicted octanol–water partition coefficient (Wildman–Crippen LogP) is 2.02. The van der Waals surface area contributed by atoms with Gasteiger partial charge in [-0.2, -0.15) is 0 Å². The number of aryl methyl sites for hydroxylation is 2. The van der Waals surface area contributed by atoms with Gasteiger partial charge in [0.1, 0.15) is 4.21 Å². The van der Waals surface area contributed by atoms with Crippen molar-refractivity contribution in [3.63, 3.8) is 0 Å². The fourth-order valence-corrected chi connectivity index (χ4v) is 4.17. The van der Waals surface area contributed by atoms with Crippen LogP contribution in [0.5, 0.6) is 0 Å². The first-order valence-corrected chi connectivity index (χ1v) is 7.97. The van der Waals surface area contributed by atoms with Crippen LogP contribution in [0.4, 0.5) is 5.69 Å². The Morgan fingerprint density at radius 1 is 1.37 bits per heavy atom. The van der Waals surface area contributed by atoms with E-state index >= 15 is 0 Å². The largest absolute Gasteiger partial charge is 0.326 e. The second kappa shape index (κ2) is 5.28. The van der Waals surface area contributed by atoms with Crippen LogP contribution < -0.4 is 10.5 Å². The van der Waals surface area contributed by atoms with Crippen molar-refractivity contribution in [3.8, 4) is 0 Å². The van der Waals surface area contributed by atoms with E-state index in [1.165, 1.54) is 17.5 Å². The Morgan fingerprint density at radius 2 is 2.11 bits per heavy atom. The molecule has 0 aliphatic carbocycles. The zero-order valence-corrected chi connectivity index (χ0v) is 12.3. The summed E-state index contributed by atoms with van der Waals surface area (Å²) in [4.78, 5) is 4.80. The summed E-state index contributed by atoms with van der Waals surface area (Å²) in [6.07, 6.45) is 3.12. The maximum Gasteiger partial charge on any atom is 0.271 e. The van der Waals surface area contributed by atoms with E-state index in [2.05, 4.69) is 9.71 Å². The van der Waals surface area contributed by atoms with Gasteiger partial charge in [-0.1, -0.05) is 0 Å². The molecule has 0 saturated heterocycles. The molecule has 7 heteroatoms. The van der Waals surface area contributed by atoms with Gasteiger partial charge in [-0.3, -0.25) is 9.71 Å². The van der Waals surface area contributed by atoms with Crippen molar-refractivity contribution in [1.29, 1.82) is 0 Å².